The molecule has 0 bridgehead atoms. The molecule has 2 heterocycles. The number of halogens is 1. The van der Waals surface area contributed by atoms with Gasteiger partial charge in [-0.2, -0.15) is 0 Å². The minimum absolute atomic E-state index is 0. The summed E-state index contributed by atoms with van der Waals surface area (Å²) >= 11 is 1.33. The van der Waals surface area contributed by atoms with Gasteiger partial charge in [0.2, 0.25) is 0 Å². The van der Waals surface area contributed by atoms with E-state index in [9.17, 15) is 14.7 Å². The van der Waals surface area contributed by atoms with Gasteiger partial charge in [-0.15, -0.1) is 23.7 Å². The number of carbonyl (C=O) groups excluding carboxylic acids is 2. The van der Waals surface area contributed by atoms with Crippen molar-refractivity contribution >= 4 is 40.6 Å². The number of thiophene rings is 1. The number of anilines is 1. The molecule has 150 valence electrons. The Morgan fingerprint density at radius 1 is 1.14 bits per heavy atom. The smallest absolute Gasteiger partial charge is 0.256 e. The lowest BCUT2D eigenvalue weighted by atomic mass is 10.1. The highest BCUT2D eigenvalue weighted by atomic mass is 35.5. The van der Waals surface area contributed by atoms with E-state index in [0.717, 1.165) is 19.3 Å². The topological polar surface area (TPSA) is 90.5 Å². The second-order valence-electron chi connectivity index (χ2n) is 7.15. The van der Waals surface area contributed by atoms with Gasteiger partial charge < -0.3 is 21.1 Å². The Hall–Kier alpha value is -1.93. The number of hydrogen-bond acceptors (Lipinski definition) is 5. The minimum Gasteiger partial charge on any atom is -0.391 e. The van der Waals surface area contributed by atoms with Crippen molar-refractivity contribution in [1.29, 1.82) is 0 Å². The molecule has 1 aromatic carbocycles. The van der Waals surface area contributed by atoms with Gasteiger partial charge in [0, 0.05) is 31.1 Å². The average Bonchev–Trinajstić information content (AvgIpc) is 3.39. The molecule has 1 aliphatic heterocycles. The van der Waals surface area contributed by atoms with Crippen molar-refractivity contribution in [3.8, 4) is 0 Å². The van der Waals surface area contributed by atoms with E-state index in [0.29, 0.717) is 35.8 Å². The zero-order valence-electron chi connectivity index (χ0n) is 15.4. The van der Waals surface area contributed by atoms with Crippen LogP contribution in [0.15, 0.2) is 29.6 Å². The summed E-state index contributed by atoms with van der Waals surface area (Å²) in [6.07, 6.45) is 2.80. The maximum Gasteiger partial charge on any atom is 0.256 e. The lowest BCUT2D eigenvalue weighted by Crippen LogP contribution is -2.34. The van der Waals surface area contributed by atoms with Gasteiger partial charge in [0.05, 0.1) is 11.7 Å². The van der Waals surface area contributed by atoms with Crippen LogP contribution in [0.2, 0.25) is 0 Å². The second-order valence-corrected chi connectivity index (χ2v) is 8.07. The molecule has 4 rings (SSSR count). The first-order valence-electron chi connectivity index (χ1n) is 9.29. The van der Waals surface area contributed by atoms with E-state index in [-0.39, 0.29) is 30.1 Å². The molecule has 1 saturated heterocycles. The number of carbonyl (C=O) groups is 2. The zero-order valence-corrected chi connectivity index (χ0v) is 17.0. The molecule has 28 heavy (non-hydrogen) atoms. The third kappa shape index (κ3) is 4.38. The van der Waals surface area contributed by atoms with Crippen molar-refractivity contribution in [3.05, 3.63) is 51.9 Å². The van der Waals surface area contributed by atoms with Crippen LogP contribution in [0.4, 0.5) is 5.00 Å². The van der Waals surface area contributed by atoms with Crippen LogP contribution in [0.5, 0.6) is 0 Å². The van der Waals surface area contributed by atoms with Gasteiger partial charge in [0.25, 0.3) is 11.8 Å². The molecule has 1 fully saturated rings. The molecule has 2 aromatic rings. The minimum atomic E-state index is -0.438. The fourth-order valence-electron chi connectivity index (χ4n) is 3.72. The van der Waals surface area contributed by atoms with Crippen molar-refractivity contribution in [1.82, 2.24) is 10.6 Å². The van der Waals surface area contributed by atoms with E-state index in [4.69, 9.17) is 0 Å². The number of aliphatic hydroxyl groups excluding tert-OH is 1. The molecule has 2 atom stereocenters. The Kier molecular flexibility index (Phi) is 6.72. The summed E-state index contributed by atoms with van der Waals surface area (Å²) in [5, 5.41) is 21.0. The number of amides is 2. The van der Waals surface area contributed by atoms with E-state index in [1.54, 1.807) is 11.4 Å². The molecule has 1 aliphatic carbocycles. The van der Waals surface area contributed by atoms with Gasteiger partial charge in [0.1, 0.15) is 5.00 Å². The maximum absolute atomic E-state index is 12.6. The molecular formula is C20H24ClN3O3S. The summed E-state index contributed by atoms with van der Waals surface area (Å²) in [5.41, 5.74) is 3.65. The van der Waals surface area contributed by atoms with Gasteiger partial charge >= 0.3 is 0 Å². The van der Waals surface area contributed by atoms with Crippen LogP contribution in [0.1, 0.15) is 38.3 Å². The summed E-state index contributed by atoms with van der Waals surface area (Å²) in [7, 11) is 0. The maximum atomic E-state index is 12.6. The number of rotatable bonds is 5. The number of aryl methyl sites for hydroxylation is 2. The highest BCUT2D eigenvalue weighted by Crippen LogP contribution is 2.26. The number of aliphatic hydroxyl groups is 1. The third-order valence-corrected chi connectivity index (χ3v) is 6.16. The Morgan fingerprint density at radius 3 is 2.75 bits per heavy atom. The largest absolute Gasteiger partial charge is 0.391 e. The standard InChI is InChI=1S/C20H23N3O3S.ClH/c24-17-11-21-9-15(17)10-22-19(26)16-6-7-27-20(16)23-18(25)14-5-4-12-2-1-3-13(12)8-14;/h4-8,15,17,21,24H,1-3,9-11H2,(H,22,26)(H,23,25);1H. The first kappa shape index (κ1) is 20.8. The summed E-state index contributed by atoms with van der Waals surface area (Å²) in [5.74, 6) is -0.423. The lowest BCUT2D eigenvalue weighted by molar-refractivity contribution is 0.0928. The number of β-amino-alcohol motifs (C(OH)–C–C–N with tert-alkyl or cyclic N) is 1. The van der Waals surface area contributed by atoms with Gasteiger partial charge in [0.15, 0.2) is 0 Å². The SMILES string of the molecule is Cl.O=C(Nc1sccc1C(=O)NCC1CNCC1O)c1ccc2c(c1)CCC2. The van der Waals surface area contributed by atoms with Crippen molar-refractivity contribution < 1.29 is 14.7 Å². The van der Waals surface area contributed by atoms with Crippen LogP contribution in [0.25, 0.3) is 0 Å². The van der Waals surface area contributed by atoms with E-state index in [2.05, 4.69) is 16.0 Å². The van der Waals surface area contributed by atoms with Gasteiger partial charge in [-0.25, -0.2) is 0 Å². The zero-order chi connectivity index (χ0) is 18.8. The van der Waals surface area contributed by atoms with E-state index in [1.807, 2.05) is 18.2 Å². The Labute approximate surface area is 174 Å². The molecule has 0 radical (unpaired) electrons. The van der Waals surface area contributed by atoms with E-state index >= 15 is 0 Å². The van der Waals surface area contributed by atoms with Crippen molar-refractivity contribution in [3.63, 3.8) is 0 Å². The van der Waals surface area contributed by atoms with Crippen molar-refractivity contribution in [2.75, 3.05) is 25.0 Å². The molecule has 0 spiro atoms. The molecule has 2 amide bonds. The van der Waals surface area contributed by atoms with Crippen molar-refractivity contribution in [2.45, 2.75) is 25.4 Å². The van der Waals surface area contributed by atoms with Gasteiger partial charge in [-0.3, -0.25) is 9.59 Å². The number of hydrogen-bond donors (Lipinski definition) is 4. The fraction of sp³-hybridized carbons (Fsp3) is 0.400. The molecule has 2 aliphatic rings. The van der Waals surface area contributed by atoms with E-state index in [1.165, 1.54) is 22.5 Å². The number of nitrogens with one attached hydrogen (secondary N) is 3. The Bertz CT molecular complexity index is 870. The predicted octanol–water partition coefficient (Wildman–Crippen LogP) is 2.22. The summed E-state index contributed by atoms with van der Waals surface area (Å²) in [6, 6.07) is 7.54. The van der Waals surface area contributed by atoms with Crippen molar-refractivity contribution in [2.24, 2.45) is 5.92 Å². The first-order valence-corrected chi connectivity index (χ1v) is 10.2. The van der Waals surface area contributed by atoms with Crippen LogP contribution in [-0.2, 0) is 12.8 Å². The highest BCUT2D eigenvalue weighted by molar-refractivity contribution is 7.14. The van der Waals surface area contributed by atoms with E-state index < -0.39 is 6.10 Å². The molecule has 4 N–H and O–H groups in total. The molecule has 6 nitrogen and oxygen atoms in total. The van der Waals surface area contributed by atoms with Crippen LogP contribution < -0.4 is 16.0 Å². The first-order chi connectivity index (χ1) is 13.1. The van der Waals surface area contributed by atoms with Crippen LogP contribution in [0.3, 0.4) is 0 Å². The summed E-state index contributed by atoms with van der Waals surface area (Å²) in [6.45, 7) is 1.65. The summed E-state index contributed by atoms with van der Waals surface area (Å²) in [4.78, 5) is 25.1. The van der Waals surface area contributed by atoms with Crippen LogP contribution in [-0.4, -0.2) is 42.7 Å². The predicted molar refractivity (Wildman–Crippen MR) is 113 cm³/mol. The molecular weight excluding hydrogens is 398 g/mol. The molecule has 2 unspecified atom stereocenters. The molecule has 0 saturated carbocycles. The second kappa shape index (κ2) is 9.05. The highest BCUT2D eigenvalue weighted by Gasteiger charge is 2.26. The number of benzene rings is 1. The van der Waals surface area contributed by atoms with Gasteiger partial charge in [-0.1, -0.05) is 6.07 Å². The van der Waals surface area contributed by atoms with Crippen LogP contribution >= 0.6 is 23.7 Å². The monoisotopic (exact) mass is 421 g/mol. The Morgan fingerprint density at radius 2 is 1.96 bits per heavy atom. The fourth-order valence-corrected chi connectivity index (χ4v) is 4.50. The Balaban J connectivity index is 0.00000225. The molecule has 1 aromatic heterocycles. The normalized spacial score (nSPS) is 20.3. The lowest BCUT2D eigenvalue weighted by Gasteiger charge is -2.14. The van der Waals surface area contributed by atoms with Gasteiger partial charge in [-0.05, 0) is 54.0 Å². The summed E-state index contributed by atoms with van der Waals surface area (Å²) < 4.78 is 0. The quantitative estimate of drug-likeness (QED) is 0.595. The molecule has 8 heteroatoms. The average molecular weight is 422 g/mol. The third-order valence-electron chi connectivity index (χ3n) is 5.33. The van der Waals surface area contributed by atoms with Crippen LogP contribution in [0, 0.1) is 5.92 Å². The number of fused-ring (bicyclic) bond motifs is 1.